The average Bonchev–Trinajstić information content (AvgIpc) is 3.00. The van der Waals surface area contributed by atoms with Gasteiger partial charge in [0.1, 0.15) is 19.0 Å². The molecule has 22 heavy (non-hydrogen) atoms. The van der Waals surface area contributed by atoms with Gasteiger partial charge in [-0.05, 0) is 18.1 Å². The maximum Gasteiger partial charge on any atom is 0.246 e. The minimum absolute atomic E-state index is 0.0824. The van der Waals surface area contributed by atoms with E-state index in [0.717, 1.165) is 11.3 Å². The molecule has 7 heteroatoms. The summed E-state index contributed by atoms with van der Waals surface area (Å²) in [7, 11) is 1.55. The van der Waals surface area contributed by atoms with Crippen LogP contribution in [0.5, 0.6) is 5.75 Å². The van der Waals surface area contributed by atoms with Crippen molar-refractivity contribution in [3.8, 4) is 5.75 Å². The summed E-state index contributed by atoms with van der Waals surface area (Å²) in [5.41, 5.74) is 1.05. The number of amides is 1. The van der Waals surface area contributed by atoms with Crippen molar-refractivity contribution in [2.24, 2.45) is 5.92 Å². The summed E-state index contributed by atoms with van der Waals surface area (Å²) in [4.78, 5) is 16.3. The van der Waals surface area contributed by atoms with Crippen molar-refractivity contribution < 1.29 is 18.8 Å². The van der Waals surface area contributed by atoms with Gasteiger partial charge in [0.25, 0.3) is 0 Å². The van der Waals surface area contributed by atoms with E-state index in [-0.39, 0.29) is 25.0 Å². The van der Waals surface area contributed by atoms with E-state index in [9.17, 15) is 4.79 Å². The van der Waals surface area contributed by atoms with Crippen LogP contribution in [0.2, 0.25) is 0 Å². The Balaban J connectivity index is 1.54. The van der Waals surface area contributed by atoms with Gasteiger partial charge < -0.3 is 19.3 Å². The molecule has 0 aliphatic carbocycles. The van der Waals surface area contributed by atoms with E-state index in [4.69, 9.17) is 14.0 Å². The molecule has 0 fully saturated rings. The van der Waals surface area contributed by atoms with Gasteiger partial charge in [-0.15, -0.1) is 0 Å². The van der Waals surface area contributed by atoms with E-state index < -0.39 is 0 Å². The first-order chi connectivity index (χ1) is 10.8. The molecule has 2 aromatic rings. The largest absolute Gasteiger partial charge is 0.492 e. The highest BCUT2D eigenvalue weighted by atomic mass is 16.5. The van der Waals surface area contributed by atoms with Gasteiger partial charge in [-0.3, -0.25) is 4.79 Å². The molecule has 0 radical (unpaired) electrons. The second-order valence-electron chi connectivity index (χ2n) is 5.07. The molecular formula is C15H17N3O4. The summed E-state index contributed by atoms with van der Waals surface area (Å²) in [5, 5.41) is 6.54. The standard InChI is InChI=1S/C15H17N3O4/c1-20-9-13-17-14(22-18-13)7-16-15(19)11-6-10-4-2-3-5-12(10)21-8-11/h2-5,11H,6-9H2,1H3,(H,16,19)/t11-/m1/s1. The number of para-hydroxylation sites is 1. The molecule has 1 aromatic heterocycles. The quantitative estimate of drug-likeness (QED) is 0.889. The SMILES string of the molecule is COCc1noc(CNC(=O)[C@H]2COc3ccccc3C2)n1. The van der Waals surface area contributed by atoms with Crippen LogP contribution in [0.1, 0.15) is 17.3 Å². The van der Waals surface area contributed by atoms with E-state index in [0.29, 0.717) is 24.7 Å². The first-order valence-corrected chi connectivity index (χ1v) is 7.05. The predicted molar refractivity (Wildman–Crippen MR) is 76.0 cm³/mol. The van der Waals surface area contributed by atoms with Crippen LogP contribution in [0.25, 0.3) is 0 Å². The minimum Gasteiger partial charge on any atom is -0.492 e. The Morgan fingerprint density at radius 2 is 2.32 bits per heavy atom. The lowest BCUT2D eigenvalue weighted by atomic mass is 9.96. The van der Waals surface area contributed by atoms with Gasteiger partial charge in [0.15, 0.2) is 5.82 Å². The van der Waals surface area contributed by atoms with Crippen molar-refractivity contribution >= 4 is 5.91 Å². The molecule has 2 heterocycles. The van der Waals surface area contributed by atoms with E-state index in [1.807, 2.05) is 24.3 Å². The molecule has 1 atom stereocenters. The molecule has 1 N–H and O–H groups in total. The van der Waals surface area contributed by atoms with Crippen LogP contribution in [-0.2, 0) is 29.1 Å². The number of hydrogen-bond donors (Lipinski definition) is 1. The highest BCUT2D eigenvalue weighted by Gasteiger charge is 2.25. The molecule has 1 aliphatic rings. The number of ether oxygens (including phenoxy) is 2. The molecule has 116 valence electrons. The molecule has 1 amide bonds. The summed E-state index contributed by atoms with van der Waals surface area (Å²) in [6, 6.07) is 7.76. The Hall–Kier alpha value is -2.41. The highest BCUT2D eigenvalue weighted by molar-refractivity contribution is 5.79. The molecule has 3 rings (SSSR count). The summed E-state index contributed by atoms with van der Waals surface area (Å²) in [5.74, 6) is 1.38. The fraction of sp³-hybridized carbons (Fsp3) is 0.400. The van der Waals surface area contributed by atoms with E-state index in [1.165, 1.54) is 0 Å². The number of carbonyl (C=O) groups excluding carboxylic acids is 1. The summed E-state index contributed by atoms with van der Waals surface area (Å²) in [6.45, 7) is 0.861. The Bertz CT molecular complexity index is 656. The normalized spacial score (nSPS) is 16.7. The third-order valence-electron chi connectivity index (χ3n) is 3.45. The Morgan fingerprint density at radius 3 is 3.18 bits per heavy atom. The zero-order valence-electron chi connectivity index (χ0n) is 12.2. The third-order valence-corrected chi connectivity index (χ3v) is 3.45. The van der Waals surface area contributed by atoms with Crippen molar-refractivity contribution in [3.63, 3.8) is 0 Å². The second-order valence-corrected chi connectivity index (χ2v) is 5.07. The van der Waals surface area contributed by atoms with Gasteiger partial charge in [-0.2, -0.15) is 4.98 Å². The number of aromatic nitrogens is 2. The van der Waals surface area contributed by atoms with Gasteiger partial charge in [0.05, 0.1) is 12.5 Å². The molecule has 0 saturated carbocycles. The van der Waals surface area contributed by atoms with Crippen molar-refractivity contribution in [2.75, 3.05) is 13.7 Å². The lowest BCUT2D eigenvalue weighted by molar-refractivity contribution is -0.126. The van der Waals surface area contributed by atoms with E-state index in [1.54, 1.807) is 7.11 Å². The monoisotopic (exact) mass is 303 g/mol. The first kappa shape index (κ1) is 14.5. The molecule has 0 saturated heterocycles. The number of nitrogens with zero attached hydrogens (tertiary/aromatic N) is 2. The van der Waals surface area contributed by atoms with Crippen LogP contribution < -0.4 is 10.1 Å². The number of nitrogens with one attached hydrogen (secondary N) is 1. The number of carbonyl (C=O) groups is 1. The van der Waals surface area contributed by atoms with Gasteiger partial charge in [-0.1, -0.05) is 23.4 Å². The molecule has 7 nitrogen and oxygen atoms in total. The third kappa shape index (κ3) is 3.25. The van der Waals surface area contributed by atoms with Crippen molar-refractivity contribution in [1.29, 1.82) is 0 Å². The number of fused-ring (bicyclic) bond motifs is 1. The predicted octanol–water partition coefficient (Wildman–Crippen LogP) is 1.08. The first-order valence-electron chi connectivity index (χ1n) is 7.05. The number of benzene rings is 1. The van der Waals surface area contributed by atoms with Crippen LogP contribution in [0, 0.1) is 5.92 Å². The Kier molecular flexibility index (Phi) is 4.34. The summed E-state index contributed by atoms with van der Waals surface area (Å²) >= 11 is 0. The molecule has 1 aliphatic heterocycles. The fourth-order valence-electron chi connectivity index (χ4n) is 2.35. The van der Waals surface area contributed by atoms with Gasteiger partial charge in [0.2, 0.25) is 11.8 Å². The maximum absolute atomic E-state index is 12.2. The van der Waals surface area contributed by atoms with Gasteiger partial charge in [0, 0.05) is 7.11 Å². The van der Waals surface area contributed by atoms with Crippen molar-refractivity contribution in [1.82, 2.24) is 15.5 Å². The molecule has 0 unspecified atom stereocenters. The summed E-state index contributed by atoms with van der Waals surface area (Å²) < 4.78 is 15.5. The van der Waals surface area contributed by atoms with Crippen LogP contribution >= 0.6 is 0 Å². The highest BCUT2D eigenvalue weighted by Crippen LogP contribution is 2.26. The summed E-state index contributed by atoms with van der Waals surface area (Å²) in [6.07, 6.45) is 0.667. The van der Waals surface area contributed by atoms with Crippen molar-refractivity contribution in [3.05, 3.63) is 41.5 Å². The van der Waals surface area contributed by atoms with Gasteiger partial charge in [-0.25, -0.2) is 0 Å². The van der Waals surface area contributed by atoms with Crippen LogP contribution in [-0.4, -0.2) is 29.8 Å². The van der Waals surface area contributed by atoms with Crippen LogP contribution in [0.4, 0.5) is 0 Å². The zero-order chi connectivity index (χ0) is 15.4. The molecule has 0 bridgehead atoms. The van der Waals surface area contributed by atoms with Crippen molar-refractivity contribution in [2.45, 2.75) is 19.6 Å². The molecule has 1 aromatic carbocycles. The Labute approximate surface area is 127 Å². The van der Waals surface area contributed by atoms with E-state index >= 15 is 0 Å². The zero-order valence-corrected chi connectivity index (χ0v) is 12.2. The molecule has 0 spiro atoms. The maximum atomic E-state index is 12.2. The Morgan fingerprint density at radius 1 is 1.45 bits per heavy atom. The number of methoxy groups -OCH3 is 1. The average molecular weight is 303 g/mol. The second kappa shape index (κ2) is 6.57. The number of hydrogen-bond acceptors (Lipinski definition) is 6. The van der Waals surface area contributed by atoms with E-state index in [2.05, 4.69) is 15.5 Å². The van der Waals surface area contributed by atoms with Gasteiger partial charge >= 0.3 is 0 Å². The van der Waals surface area contributed by atoms with Crippen LogP contribution in [0.3, 0.4) is 0 Å². The minimum atomic E-state index is -0.212. The number of rotatable bonds is 5. The lowest BCUT2D eigenvalue weighted by Gasteiger charge is -2.24. The lowest BCUT2D eigenvalue weighted by Crippen LogP contribution is -2.37. The smallest absolute Gasteiger partial charge is 0.246 e. The topological polar surface area (TPSA) is 86.5 Å². The molecular weight excluding hydrogens is 286 g/mol. The fourth-order valence-corrected chi connectivity index (χ4v) is 2.35. The van der Waals surface area contributed by atoms with Crippen LogP contribution in [0.15, 0.2) is 28.8 Å².